The lowest BCUT2D eigenvalue weighted by Crippen LogP contribution is -2.39. The maximum Gasteiger partial charge on any atom is 0.356 e. The Morgan fingerprint density at radius 1 is 0.966 bits per heavy atom. The first-order valence-corrected chi connectivity index (χ1v) is 10.1. The molecule has 0 radical (unpaired) electrons. The number of hydrogen-bond donors (Lipinski definition) is 0. The average molecular weight is 392 g/mol. The van der Waals surface area contributed by atoms with Gasteiger partial charge in [0.25, 0.3) is 0 Å². The predicted molar refractivity (Wildman–Crippen MR) is 114 cm³/mol. The lowest BCUT2D eigenvalue weighted by atomic mass is 10.1. The highest BCUT2D eigenvalue weighted by molar-refractivity contribution is 5.87. The maximum absolute atomic E-state index is 12.3. The molecule has 0 aliphatic heterocycles. The topological polar surface area (TPSA) is 47.4 Å². The van der Waals surface area contributed by atoms with Crippen molar-refractivity contribution in [2.24, 2.45) is 0 Å². The van der Waals surface area contributed by atoms with Crippen LogP contribution in [0.1, 0.15) is 48.4 Å². The van der Waals surface area contributed by atoms with Crippen LogP contribution in [0, 0.1) is 0 Å². The molecule has 3 aromatic rings. The van der Waals surface area contributed by atoms with E-state index in [1.54, 1.807) is 16.9 Å². The smallest absolute Gasteiger partial charge is 0.356 e. The summed E-state index contributed by atoms with van der Waals surface area (Å²) in [5.41, 5.74) is 3.01. The van der Waals surface area contributed by atoms with Crippen LogP contribution < -0.4 is 0 Å². The Morgan fingerprint density at radius 3 is 2.03 bits per heavy atom. The third-order valence-corrected chi connectivity index (χ3v) is 5.27. The van der Waals surface area contributed by atoms with E-state index < -0.39 is 0 Å². The van der Waals surface area contributed by atoms with Gasteiger partial charge < -0.3 is 4.74 Å². The summed E-state index contributed by atoms with van der Waals surface area (Å²) >= 11 is 0. The van der Waals surface area contributed by atoms with Crippen molar-refractivity contribution in [1.29, 1.82) is 0 Å². The van der Waals surface area contributed by atoms with Gasteiger partial charge in [0.15, 0.2) is 0 Å². The number of esters is 1. The van der Waals surface area contributed by atoms with Crippen molar-refractivity contribution in [2.45, 2.75) is 45.9 Å². The molecule has 1 aromatic heterocycles. The van der Waals surface area contributed by atoms with Gasteiger partial charge >= 0.3 is 5.97 Å². The Labute approximate surface area is 172 Å². The molecule has 5 heteroatoms. The van der Waals surface area contributed by atoms with Crippen LogP contribution in [-0.2, 0) is 17.8 Å². The molecule has 0 saturated carbocycles. The molecule has 0 spiro atoms. The van der Waals surface area contributed by atoms with Gasteiger partial charge in [-0.05, 0) is 38.0 Å². The van der Waals surface area contributed by atoms with Gasteiger partial charge in [-0.2, -0.15) is 5.10 Å². The van der Waals surface area contributed by atoms with Crippen molar-refractivity contribution < 1.29 is 9.53 Å². The van der Waals surface area contributed by atoms with Gasteiger partial charge in [0.05, 0.1) is 12.6 Å². The lowest BCUT2D eigenvalue weighted by molar-refractivity contribution is 0.0501. The molecule has 0 saturated heterocycles. The standard InChI is InChI=1S/C24H29N3O2/c1-4-29-24(28)23-15-16-25-27(23)20(3)19(2)26(17-21-11-7-5-8-12-21)18-22-13-9-6-10-14-22/h5-16,19-20H,4,17-18H2,1-3H3/t19-,20+/m0/s1. The van der Waals surface area contributed by atoms with Gasteiger partial charge in [-0.25, -0.2) is 4.79 Å². The Hall–Kier alpha value is -2.92. The van der Waals surface area contributed by atoms with Gasteiger partial charge in [0, 0.05) is 25.3 Å². The summed E-state index contributed by atoms with van der Waals surface area (Å²) in [5, 5.41) is 4.43. The van der Waals surface area contributed by atoms with Crippen molar-refractivity contribution in [3.8, 4) is 0 Å². The summed E-state index contributed by atoms with van der Waals surface area (Å²) in [7, 11) is 0. The monoisotopic (exact) mass is 391 g/mol. The number of nitrogens with zero attached hydrogens (tertiary/aromatic N) is 3. The highest BCUT2D eigenvalue weighted by Crippen LogP contribution is 2.23. The molecule has 1 heterocycles. The van der Waals surface area contributed by atoms with Crippen molar-refractivity contribution in [1.82, 2.24) is 14.7 Å². The summed E-state index contributed by atoms with van der Waals surface area (Å²) in [5.74, 6) is -0.332. The molecule has 0 aliphatic rings. The summed E-state index contributed by atoms with van der Waals surface area (Å²) in [6, 6.07) is 22.8. The number of ether oxygens (including phenoxy) is 1. The highest BCUT2D eigenvalue weighted by Gasteiger charge is 2.26. The van der Waals surface area contributed by atoms with Gasteiger partial charge in [0.2, 0.25) is 0 Å². The van der Waals surface area contributed by atoms with Crippen LogP contribution in [0.4, 0.5) is 0 Å². The molecule has 152 valence electrons. The molecule has 5 nitrogen and oxygen atoms in total. The molecular weight excluding hydrogens is 362 g/mol. The quantitative estimate of drug-likeness (QED) is 0.496. The van der Waals surface area contributed by atoms with Crippen LogP contribution in [0.15, 0.2) is 72.9 Å². The molecule has 0 amide bonds. The number of carbonyl (C=O) groups is 1. The summed E-state index contributed by atoms with van der Waals surface area (Å²) in [6.07, 6.45) is 1.66. The molecule has 0 aliphatic carbocycles. The lowest BCUT2D eigenvalue weighted by Gasteiger charge is -2.34. The Balaban J connectivity index is 1.84. The zero-order valence-electron chi connectivity index (χ0n) is 17.4. The number of benzene rings is 2. The number of aromatic nitrogens is 2. The van der Waals surface area contributed by atoms with Gasteiger partial charge in [-0.15, -0.1) is 0 Å². The first-order valence-electron chi connectivity index (χ1n) is 10.1. The van der Waals surface area contributed by atoms with Crippen LogP contribution >= 0.6 is 0 Å². The van der Waals surface area contributed by atoms with Crippen LogP contribution in [-0.4, -0.2) is 33.3 Å². The molecule has 0 unspecified atom stereocenters. The predicted octanol–water partition coefficient (Wildman–Crippen LogP) is 4.71. The molecule has 0 N–H and O–H groups in total. The van der Waals surface area contributed by atoms with Crippen LogP contribution in [0.5, 0.6) is 0 Å². The minimum atomic E-state index is -0.332. The Kier molecular flexibility index (Phi) is 7.19. The summed E-state index contributed by atoms with van der Waals surface area (Å²) in [6.45, 7) is 8.08. The zero-order valence-corrected chi connectivity index (χ0v) is 17.4. The summed E-state index contributed by atoms with van der Waals surface area (Å²) < 4.78 is 6.98. The highest BCUT2D eigenvalue weighted by atomic mass is 16.5. The third-order valence-electron chi connectivity index (χ3n) is 5.27. The maximum atomic E-state index is 12.3. The van der Waals surface area contributed by atoms with E-state index in [0.717, 1.165) is 13.1 Å². The second-order valence-corrected chi connectivity index (χ2v) is 7.24. The zero-order chi connectivity index (χ0) is 20.6. The fourth-order valence-corrected chi connectivity index (χ4v) is 3.49. The van der Waals surface area contributed by atoms with Crippen LogP contribution in [0.2, 0.25) is 0 Å². The van der Waals surface area contributed by atoms with E-state index in [-0.39, 0.29) is 18.1 Å². The molecule has 3 rings (SSSR count). The van der Waals surface area contributed by atoms with E-state index >= 15 is 0 Å². The average Bonchev–Trinajstić information content (AvgIpc) is 3.24. The largest absolute Gasteiger partial charge is 0.461 e. The van der Waals surface area contributed by atoms with Crippen molar-refractivity contribution in [3.05, 3.63) is 89.7 Å². The van der Waals surface area contributed by atoms with Gasteiger partial charge in [-0.3, -0.25) is 9.58 Å². The minimum absolute atomic E-state index is 0.00293. The Morgan fingerprint density at radius 2 is 1.52 bits per heavy atom. The third kappa shape index (κ3) is 5.33. The van der Waals surface area contributed by atoms with E-state index in [9.17, 15) is 4.79 Å². The normalized spacial score (nSPS) is 13.2. The molecule has 0 bridgehead atoms. The SMILES string of the molecule is CCOC(=O)c1ccnn1[C@H](C)[C@H](C)N(Cc1ccccc1)Cc1ccccc1. The fraction of sp³-hybridized carbons (Fsp3) is 0.333. The van der Waals surface area contributed by atoms with Crippen LogP contribution in [0.25, 0.3) is 0 Å². The molecular formula is C24H29N3O2. The van der Waals surface area contributed by atoms with E-state index in [1.165, 1.54) is 11.1 Å². The van der Waals surface area contributed by atoms with Crippen molar-refractivity contribution >= 4 is 5.97 Å². The van der Waals surface area contributed by atoms with Crippen molar-refractivity contribution in [2.75, 3.05) is 6.61 Å². The number of carbonyl (C=O) groups excluding carboxylic acids is 1. The Bertz CT molecular complexity index is 851. The first kappa shape index (κ1) is 20.8. The van der Waals surface area contributed by atoms with E-state index in [2.05, 4.69) is 72.4 Å². The minimum Gasteiger partial charge on any atom is -0.461 e. The molecule has 29 heavy (non-hydrogen) atoms. The van der Waals surface area contributed by atoms with E-state index in [0.29, 0.717) is 12.3 Å². The van der Waals surface area contributed by atoms with Crippen molar-refractivity contribution in [3.63, 3.8) is 0 Å². The first-order chi connectivity index (χ1) is 14.1. The number of rotatable bonds is 9. The second kappa shape index (κ2) is 10.0. The molecule has 2 atom stereocenters. The van der Waals surface area contributed by atoms with Gasteiger partial charge in [0.1, 0.15) is 5.69 Å². The molecule has 2 aromatic carbocycles. The van der Waals surface area contributed by atoms with E-state index in [4.69, 9.17) is 4.74 Å². The number of hydrogen-bond acceptors (Lipinski definition) is 4. The summed E-state index contributed by atoms with van der Waals surface area (Å²) in [4.78, 5) is 14.7. The van der Waals surface area contributed by atoms with E-state index in [1.807, 2.05) is 19.1 Å². The van der Waals surface area contributed by atoms with Gasteiger partial charge in [-0.1, -0.05) is 60.7 Å². The molecule has 0 fully saturated rings. The second-order valence-electron chi connectivity index (χ2n) is 7.24. The fourth-order valence-electron chi connectivity index (χ4n) is 3.49. The van der Waals surface area contributed by atoms with Crippen LogP contribution in [0.3, 0.4) is 0 Å².